The number of rotatable bonds is 2. The maximum Gasteiger partial charge on any atom is 0.308 e. The minimum Gasteiger partial charge on any atom is -0.427 e. The van der Waals surface area contributed by atoms with Crippen molar-refractivity contribution in [3.05, 3.63) is 29.8 Å². The molecule has 2 atom stereocenters. The lowest BCUT2D eigenvalue weighted by Crippen LogP contribution is -2.48. The number of amides is 1. The third-order valence-corrected chi connectivity index (χ3v) is 3.07. The number of hydrogen-bond acceptors (Lipinski definition) is 4. The second kappa shape index (κ2) is 6.05. The molecule has 1 aromatic carbocycles. The van der Waals surface area contributed by atoms with Gasteiger partial charge in [0, 0.05) is 25.6 Å². The Balaban J connectivity index is 2.07. The number of nitrogens with zero attached hydrogens (tertiary/aromatic N) is 1. The van der Waals surface area contributed by atoms with E-state index < -0.39 is 0 Å². The third-order valence-electron chi connectivity index (χ3n) is 3.07. The molecule has 1 fully saturated rings. The second-order valence-electron chi connectivity index (χ2n) is 5.09. The van der Waals surface area contributed by atoms with Gasteiger partial charge in [-0.1, -0.05) is 0 Å². The first-order chi connectivity index (χ1) is 9.45. The Labute approximate surface area is 118 Å². The molecule has 0 aromatic heterocycles. The predicted octanol–water partition coefficient (Wildman–Crippen LogP) is 1.86. The summed E-state index contributed by atoms with van der Waals surface area (Å²) in [7, 11) is 0. The smallest absolute Gasteiger partial charge is 0.308 e. The van der Waals surface area contributed by atoms with Crippen molar-refractivity contribution in [2.24, 2.45) is 0 Å². The van der Waals surface area contributed by atoms with E-state index >= 15 is 0 Å². The molecule has 0 saturated carbocycles. The zero-order valence-corrected chi connectivity index (χ0v) is 12.0. The van der Waals surface area contributed by atoms with Crippen LogP contribution in [0.2, 0.25) is 0 Å². The molecule has 108 valence electrons. The van der Waals surface area contributed by atoms with Gasteiger partial charge in [-0.3, -0.25) is 9.59 Å². The number of ether oxygens (including phenoxy) is 2. The Morgan fingerprint density at radius 3 is 2.20 bits per heavy atom. The highest BCUT2D eigenvalue weighted by molar-refractivity contribution is 5.94. The zero-order chi connectivity index (χ0) is 14.7. The molecule has 1 aliphatic rings. The van der Waals surface area contributed by atoms with Gasteiger partial charge in [0.1, 0.15) is 5.75 Å². The monoisotopic (exact) mass is 277 g/mol. The first kappa shape index (κ1) is 14.5. The molecule has 2 unspecified atom stereocenters. The van der Waals surface area contributed by atoms with Crippen LogP contribution in [0.5, 0.6) is 5.75 Å². The lowest BCUT2D eigenvalue weighted by Gasteiger charge is -2.35. The van der Waals surface area contributed by atoms with Gasteiger partial charge in [0.15, 0.2) is 0 Å². The van der Waals surface area contributed by atoms with E-state index in [1.54, 1.807) is 29.2 Å². The third kappa shape index (κ3) is 3.57. The van der Waals surface area contributed by atoms with Crippen LogP contribution in [-0.4, -0.2) is 42.1 Å². The Bertz CT molecular complexity index is 487. The molecule has 1 saturated heterocycles. The van der Waals surface area contributed by atoms with Crippen LogP contribution in [0.15, 0.2) is 24.3 Å². The quantitative estimate of drug-likeness (QED) is 0.611. The highest BCUT2D eigenvalue weighted by atomic mass is 16.5. The number of benzene rings is 1. The molecule has 1 aromatic rings. The fraction of sp³-hybridized carbons (Fsp3) is 0.467. The van der Waals surface area contributed by atoms with Crippen molar-refractivity contribution in [3.63, 3.8) is 0 Å². The average molecular weight is 277 g/mol. The molecule has 2 rings (SSSR count). The predicted molar refractivity (Wildman–Crippen MR) is 73.7 cm³/mol. The minimum absolute atomic E-state index is 0.0265. The molecule has 1 heterocycles. The molecule has 0 spiro atoms. The van der Waals surface area contributed by atoms with Crippen LogP contribution in [0.25, 0.3) is 0 Å². The molecule has 5 nitrogen and oxygen atoms in total. The first-order valence-electron chi connectivity index (χ1n) is 6.69. The van der Waals surface area contributed by atoms with Gasteiger partial charge < -0.3 is 14.4 Å². The molecule has 0 aliphatic carbocycles. The zero-order valence-electron chi connectivity index (χ0n) is 12.0. The largest absolute Gasteiger partial charge is 0.427 e. The standard InChI is InChI=1S/C15H19NO4/c1-10-8-16(9-11(2)19-10)15(18)13-4-6-14(7-5-13)20-12(3)17/h4-7,10-11H,8-9H2,1-3H3. The van der Waals surface area contributed by atoms with Crippen LogP contribution < -0.4 is 4.74 Å². The van der Waals surface area contributed by atoms with E-state index in [2.05, 4.69) is 0 Å². The minimum atomic E-state index is -0.375. The van der Waals surface area contributed by atoms with Gasteiger partial charge in [0.05, 0.1) is 12.2 Å². The number of esters is 1. The molecule has 1 aliphatic heterocycles. The number of carbonyl (C=O) groups is 2. The number of carbonyl (C=O) groups excluding carboxylic acids is 2. The van der Waals surface area contributed by atoms with Crippen molar-refractivity contribution < 1.29 is 19.1 Å². The SMILES string of the molecule is CC(=O)Oc1ccc(C(=O)N2CC(C)OC(C)C2)cc1. The van der Waals surface area contributed by atoms with Crippen molar-refractivity contribution in [1.82, 2.24) is 4.90 Å². The van der Waals surface area contributed by atoms with E-state index in [9.17, 15) is 9.59 Å². The van der Waals surface area contributed by atoms with Gasteiger partial charge in [-0.05, 0) is 38.1 Å². The van der Waals surface area contributed by atoms with Gasteiger partial charge in [-0.25, -0.2) is 0 Å². The molecule has 0 bridgehead atoms. The molecular weight excluding hydrogens is 258 g/mol. The summed E-state index contributed by atoms with van der Waals surface area (Å²) in [5, 5.41) is 0. The van der Waals surface area contributed by atoms with E-state index in [4.69, 9.17) is 9.47 Å². The summed E-state index contributed by atoms with van der Waals surface area (Å²) in [6, 6.07) is 6.60. The molecule has 1 amide bonds. The van der Waals surface area contributed by atoms with Crippen LogP contribution in [0.3, 0.4) is 0 Å². The van der Waals surface area contributed by atoms with Gasteiger partial charge in [-0.15, -0.1) is 0 Å². The number of morpholine rings is 1. The van der Waals surface area contributed by atoms with Gasteiger partial charge in [-0.2, -0.15) is 0 Å². The summed E-state index contributed by atoms with van der Waals surface area (Å²) in [6.45, 7) is 6.44. The summed E-state index contributed by atoms with van der Waals surface area (Å²) in [6.07, 6.45) is 0.0889. The van der Waals surface area contributed by atoms with Crippen LogP contribution in [0.1, 0.15) is 31.1 Å². The summed E-state index contributed by atoms with van der Waals surface area (Å²) in [4.78, 5) is 25.0. The van der Waals surface area contributed by atoms with Crippen LogP contribution >= 0.6 is 0 Å². The molecule has 0 N–H and O–H groups in total. The fourth-order valence-electron chi connectivity index (χ4n) is 2.36. The summed E-state index contributed by atoms with van der Waals surface area (Å²) >= 11 is 0. The number of hydrogen-bond donors (Lipinski definition) is 0. The maximum atomic E-state index is 12.4. The lowest BCUT2D eigenvalue weighted by atomic mass is 10.1. The molecule has 20 heavy (non-hydrogen) atoms. The van der Waals surface area contributed by atoms with Crippen molar-refractivity contribution in [1.29, 1.82) is 0 Å². The van der Waals surface area contributed by atoms with Gasteiger partial charge in [0.2, 0.25) is 0 Å². The second-order valence-corrected chi connectivity index (χ2v) is 5.09. The van der Waals surface area contributed by atoms with Crippen molar-refractivity contribution in [2.45, 2.75) is 33.0 Å². The highest BCUT2D eigenvalue weighted by Crippen LogP contribution is 2.17. The van der Waals surface area contributed by atoms with Crippen LogP contribution in [0, 0.1) is 0 Å². The van der Waals surface area contributed by atoms with Crippen LogP contribution in [-0.2, 0) is 9.53 Å². The maximum absolute atomic E-state index is 12.4. The van der Waals surface area contributed by atoms with Crippen molar-refractivity contribution in [3.8, 4) is 5.75 Å². The van der Waals surface area contributed by atoms with E-state index in [-0.39, 0.29) is 24.1 Å². The highest BCUT2D eigenvalue weighted by Gasteiger charge is 2.26. The van der Waals surface area contributed by atoms with Crippen molar-refractivity contribution in [2.75, 3.05) is 13.1 Å². The van der Waals surface area contributed by atoms with E-state index in [0.29, 0.717) is 24.4 Å². The van der Waals surface area contributed by atoms with Crippen LogP contribution in [0.4, 0.5) is 0 Å². The molecule has 5 heteroatoms. The first-order valence-corrected chi connectivity index (χ1v) is 6.69. The summed E-state index contributed by atoms with van der Waals surface area (Å²) < 4.78 is 10.6. The Morgan fingerprint density at radius 1 is 1.15 bits per heavy atom. The average Bonchev–Trinajstić information content (AvgIpc) is 2.37. The van der Waals surface area contributed by atoms with E-state index in [1.807, 2.05) is 13.8 Å². The van der Waals surface area contributed by atoms with Gasteiger partial charge in [0.25, 0.3) is 5.91 Å². The van der Waals surface area contributed by atoms with Gasteiger partial charge >= 0.3 is 5.97 Å². The fourth-order valence-corrected chi connectivity index (χ4v) is 2.36. The normalized spacial score (nSPS) is 22.4. The van der Waals surface area contributed by atoms with E-state index in [0.717, 1.165) is 0 Å². The summed E-state index contributed by atoms with van der Waals surface area (Å²) in [5.41, 5.74) is 0.585. The Hall–Kier alpha value is -1.88. The summed E-state index contributed by atoms with van der Waals surface area (Å²) in [5.74, 6) is 0.0408. The lowest BCUT2D eigenvalue weighted by molar-refractivity contribution is -0.131. The van der Waals surface area contributed by atoms with E-state index in [1.165, 1.54) is 6.92 Å². The topological polar surface area (TPSA) is 55.8 Å². The molecular formula is C15H19NO4. The van der Waals surface area contributed by atoms with Crippen molar-refractivity contribution >= 4 is 11.9 Å². The Morgan fingerprint density at radius 2 is 1.70 bits per heavy atom. The molecule has 0 radical (unpaired) electrons. The Kier molecular flexibility index (Phi) is 4.39.